The minimum Gasteiger partial charge on any atom is -0.480 e. The third kappa shape index (κ3) is 3.26. The predicted octanol–water partition coefficient (Wildman–Crippen LogP) is 4.51. The van der Waals surface area contributed by atoms with Gasteiger partial charge in [0.1, 0.15) is 12.6 Å². The van der Waals surface area contributed by atoms with Crippen LogP contribution < -0.4 is 0 Å². The molecule has 5 nitrogen and oxygen atoms in total. The van der Waals surface area contributed by atoms with Gasteiger partial charge < -0.3 is 9.84 Å². The van der Waals surface area contributed by atoms with Crippen molar-refractivity contribution in [3.05, 3.63) is 59.7 Å². The first-order valence-corrected chi connectivity index (χ1v) is 9.88. The van der Waals surface area contributed by atoms with Gasteiger partial charge in [-0.05, 0) is 41.0 Å². The van der Waals surface area contributed by atoms with E-state index in [4.69, 9.17) is 4.74 Å². The van der Waals surface area contributed by atoms with Gasteiger partial charge >= 0.3 is 12.1 Å². The van der Waals surface area contributed by atoms with Gasteiger partial charge in [0.15, 0.2) is 0 Å². The largest absolute Gasteiger partial charge is 0.480 e. The zero-order valence-electron chi connectivity index (χ0n) is 16.0. The molecule has 28 heavy (non-hydrogen) atoms. The first-order valence-electron chi connectivity index (χ1n) is 9.88. The van der Waals surface area contributed by atoms with Gasteiger partial charge in [-0.25, -0.2) is 9.59 Å². The minimum atomic E-state index is -0.956. The molecule has 1 atom stereocenters. The first-order chi connectivity index (χ1) is 13.6. The normalized spacial score (nSPS) is 17.0. The third-order valence-electron chi connectivity index (χ3n) is 6.14. The third-order valence-corrected chi connectivity index (χ3v) is 6.14. The SMILES string of the molecule is CN(C(=O)OCC1c2ccccc2-c2ccccc21)[C@H](C(=O)O)C1CCCC1. The van der Waals surface area contributed by atoms with Crippen molar-refractivity contribution in [1.82, 2.24) is 4.90 Å². The van der Waals surface area contributed by atoms with Gasteiger partial charge in [-0.3, -0.25) is 4.90 Å². The van der Waals surface area contributed by atoms with Crippen LogP contribution in [0.3, 0.4) is 0 Å². The number of carbonyl (C=O) groups is 2. The number of aliphatic carboxylic acids is 1. The molecular formula is C23H25NO4. The van der Waals surface area contributed by atoms with Crippen LogP contribution in [0, 0.1) is 5.92 Å². The molecule has 0 heterocycles. The van der Waals surface area contributed by atoms with E-state index in [-0.39, 0.29) is 18.4 Å². The molecule has 1 fully saturated rings. The molecule has 2 aliphatic carbocycles. The molecule has 0 spiro atoms. The highest BCUT2D eigenvalue weighted by Crippen LogP contribution is 2.44. The van der Waals surface area contributed by atoms with Gasteiger partial charge in [-0.1, -0.05) is 61.4 Å². The van der Waals surface area contributed by atoms with Crippen LogP contribution in [-0.2, 0) is 9.53 Å². The molecular weight excluding hydrogens is 354 g/mol. The van der Waals surface area contributed by atoms with E-state index in [0.717, 1.165) is 36.8 Å². The second-order valence-electron chi connectivity index (χ2n) is 7.74. The summed E-state index contributed by atoms with van der Waals surface area (Å²) in [7, 11) is 1.54. The number of ether oxygens (including phenoxy) is 1. The maximum Gasteiger partial charge on any atom is 0.410 e. The van der Waals surface area contributed by atoms with Crippen LogP contribution in [0.1, 0.15) is 42.7 Å². The predicted molar refractivity (Wildman–Crippen MR) is 106 cm³/mol. The molecule has 5 heteroatoms. The average Bonchev–Trinajstić information content (AvgIpc) is 3.32. The topological polar surface area (TPSA) is 66.8 Å². The Morgan fingerprint density at radius 2 is 1.57 bits per heavy atom. The summed E-state index contributed by atoms with van der Waals surface area (Å²) in [5, 5.41) is 9.64. The maximum atomic E-state index is 12.7. The Bertz CT molecular complexity index is 842. The Morgan fingerprint density at radius 3 is 2.11 bits per heavy atom. The van der Waals surface area contributed by atoms with Gasteiger partial charge in [0, 0.05) is 13.0 Å². The molecule has 2 aromatic rings. The van der Waals surface area contributed by atoms with Gasteiger partial charge in [0.2, 0.25) is 0 Å². The van der Waals surface area contributed by atoms with Crippen molar-refractivity contribution < 1.29 is 19.4 Å². The molecule has 0 saturated heterocycles. The zero-order valence-corrected chi connectivity index (χ0v) is 16.0. The number of nitrogens with zero attached hydrogens (tertiary/aromatic N) is 1. The number of likely N-dealkylation sites (N-methyl/N-ethyl adjacent to an activating group) is 1. The lowest BCUT2D eigenvalue weighted by Crippen LogP contribution is -2.47. The molecule has 0 bridgehead atoms. The van der Waals surface area contributed by atoms with E-state index >= 15 is 0 Å². The summed E-state index contributed by atoms with van der Waals surface area (Å²) in [6.45, 7) is 0.203. The molecule has 4 rings (SSSR count). The number of rotatable bonds is 5. The van der Waals surface area contributed by atoms with Crippen LogP contribution in [0.5, 0.6) is 0 Å². The summed E-state index contributed by atoms with van der Waals surface area (Å²) in [5.41, 5.74) is 4.62. The van der Waals surface area contributed by atoms with Crippen LogP contribution in [-0.4, -0.2) is 41.8 Å². The van der Waals surface area contributed by atoms with Crippen LogP contribution in [0.2, 0.25) is 0 Å². The highest BCUT2D eigenvalue weighted by Gasteiger charge is 2.37. The Morgan fingerprint density at radius 1 is 1.04 bits per heavy atom. The number of carboxylic acid groups (broad SMARTS) is 1. The first kappa shape index (κ1) is 18.5. The number of amides is 1. The van der Waals surface area contributed by atoms with Crippen molar-refractivity contribution >= 4 is 12.1 Å². The van der Waals surface area contributed by atoms with Gasteiger partial charge in [-0.2, -0.15) is 0 Å². The van der Waals surface area contributed by atoms with Crippen LogP contribution in [0.4, 0.5) is 4.79 Å². The molecule has 0 aliphatic heterocycles. The minimum absolute atomic E-state index is 0.00276. The summed E-state index contributed by atoms with van der Waals surface area (Å²) >= 11 is 0. The van der Waals surface area contributed by atoms with Crippen molar-refractivity contribution in [3.63, 3.8) is 0 Å². The number of hydrogen-bond donors (Lipinski definition) is 1. The number of hydrogen-bond acceptors (Lipinski definition) is 3. The van der Waals surface area contributed by atoms with E-state index in [1.54, 1.807) is 0 Å². The lowest BCUT2D eigenvalue weighted by atomic mass is 9.97. The number of benzene rings is 2. The van der Waals surface area contributed by atoms with E-state index in [0.29, 0.717) is 0 Å². The van der Waals surface area contributed by atoms with Gasteiger partial charge in [-0.15, -0.1) is 0 Å². The van der Waals surface area contributed by atoms with Crippen molar-refractivity contribution in [2.45, 2.75) is 37.6 Å². The van der Waals surface area contributed by atoms with Crippen molar-refractivity contribution in [3.8, 4) is 11.1 Å². The standard InChI is InChI=1S/C23H25NO4/c1-24(21(22(25)26)15-8-2-3-9-15)23(27)28-14-20-18-12-6-4-10-16(18)17-11-5-7-13-19(17)20/h4-7,10-13,15,20-21H,2-3,8-9,14H2,1H3,(H,25,26)/t21-/m0/s1. The van der Waals surface area contributed by atoms with Gasteiger partial charge in [0.25, 0.3) is 0 Å². The molecule has 146 valence electrons. The van der Waals surface area contributed by atoms with Crippen molar-refractivity contribution in [2.24, 2.45) is 5.92 Å². The molecule has 1 N–H and O–H groups in total. The van der Waals surface area contributed by atoms with Crippen LogP contribution >= 0.6 is 0 Å². The van der Waals surface area contributed by atoms with Crippen LogP contribution in [0.25, 0.3) is 11.1 Å². The number of carbonyl (C=O) groups excluding carboxylic acids is 1. The lowest BCUT2D eigenvalue weighted by molar-refractivity contribution is -0.144. The molecule has 2 aromatic carbocycles. The number of fused-ring (bicyclic) bond motifs is 3. The average molecular weight is 379 g/mol. The molecule has 2 aliphatic rings. The monoisotopic (exact) mass is 379 g/mol. The molecule has 0 unspecified atom stereocenters. The van der Waals surface area contributed by atoms with E-state index in [9.17, 15) is 14.7 Å². The summed E-state index contributed by atoms with van der Waals surface area (Å²) in [6.07, 6.45) is 3.16. The quantitative estimate of drug-likeness (QED) is 0.830. The number of carboxylic acids is 1. The Labute approximate surface area is 164 Å². The summed E-state index contributed by atoms with van der Waals surface area (Å²) in [5.74, 6) is -0.981. The van der Waals surface area contributed by atoms with Gasteiger partial charge in [0.05, 0.1) is 0 Å². The molecule has 0 aromatic heterocycles. The highest BCUT2D eigenvalue weighted by atomic mass is 16.6. The Kier molecular flexibility index (Phi) is 5.07. The fourth-order valence-corrected chi connectivity index (χ4v) is 4.77. The Hall–Kier alpha value is -2.82. The second kappa shape index (κ2) is 7.66. The molecule has 1 saturated carbocycles. The fraction of sp³-hybridized carbons (Fsp3) is 0.391. The lowest BCUT2D eigenvalue weighted by Gasteiger charge is -2.29. The fourth-order valence-electron chi connectivity index (χ4n) is 4.77. The van der Waals surface area contributed by atoms with E-state index in [1.807, 2.05) is 24.3 Å². The summed E-state index contributed by atoms with van der Waals surface area (Å²) < 4.78 is 5.62. The smallest absolute Gasteiger partial charge is 0.410 e. The molecule has 1 amide bonds. The zero-order chi connectivity index (χ0) is 19.7. The van der Waals surface area contributed by atoms with Crippen LogP contribution in [0.15, 0.2) is 48.5 Å². The summed E-state index contributed by atoms with van der Waals surface area (Å²) in [4.78, 5) is 25.7. The van der Waals surface area contributed by atoms with E-state index in [1.165, 1.54) is 23.1 Å². The van der Waals surface area contributed by atoms with Crippen molar-refractivity contribution in [2.75, 3.05) is 13.7 Å². The Balaban J connectivity index is 1.49. The van der Waals surface area contributed by atoms with E-state index in [2.05, 4.69) is 24.3 Å². The maximum absolute atomic E-state index is 12.7. The second-order valence-corrected chi connectivity index (χ2v) is 7.74. The highest BCUT2D eigenvalue weighted by molar-refractivity contribution is 5.81. The molecule has 0 radical (unpaired) electrons. The summed E-state index contributed by atoms with van der Waals surface area (Å²) in [6, 6.07) is 15.5. The van der Waals surface area contributed by atoms with Crippen molar-refractivity contribution in [1.29, 1.82) is 0 Å². The van der Waals surface area contributed by atoms with E-state index < -0.39 is 18.1 Å².